The quantitative estimate of drug-likeness (QED) is 0.433. The third kappa shape index (κ3) is 4.20. The standard InChI is InChI=1S/C26H23FN4O3/c27-20-3-7-22(8-4-20)31-24(32)17-23(26(31)34)30-15-13-29(14-16-30)21-5-1-18(2-6-21)25(33)19-9-11-28-12-10-19/h1-12,23H,13-17H2/t23-/m1/s1. The fourth-order valence-electron chi connectivity index (χ4n) is 4.55. The minimum absolute atomic E-state index is 0.0473. The molecule has 1 atom stereocenters. The smallest absolute Gasteiger partial charge is 0.251 e. The summed E-state index contributed by atoms with van der Waals surface area (Å²) in [5, 5.41) is 0. The highest BCUT2D eigenvalue weighted by atomic mass is 19.1. The van der Waals surface area contributed by atoms with Gasteiger partial charge in [-0.25, -0.2) is 9.29 Å². The Hall–Kier alpha value is -3.91. The molecule has 5 rings (SSSR count). The van der Waals surface area contributed by atoms with Crippen LogP contribution in [0.15, 0.2) is 73.1 Å². The van der Waals surface area contributed by atoms with E-state index in [1.807, 2.05) is 29.2 Å². The third-order valence-electron chi connectivity index (χ3n) is 6.40. The Morgan fingerprint density at radius 3 is 2.03 bits per heavy atom. The van der Waals surface area contributed by atoms with Gasteiger partial charge in [0.15, 0.2) is 5.78 Å². The number of amides is 2. The molecule has 2 aliphatic heterocycles. The molecule has 7 nitrogen and oxygen atoms in total. The number of hydrogen-bond donors (Lipinski definition) is 0. The summed E-state index contributed by atoms with van der Waals surface area (Å²) in [4.78, 5) is 47.5. The second-order valence-corrected chi connectivity index (χ2v) is 8.40. The molecule has 0 bridgehead atoms. The highest BCUT2D eigenvalue weighted by Gasteiger charge is 2.43. The lowest BCUT2D eigenvalue weighted by molar-refractivity contribution is -0.123. The molecule has 34 heavy (non-hydrogen) atoms. The lowest BCUT2D eigenvalue weighted by atomic mass is 10.0. The van der Waals surface area contributed by atoms with Crippen LogP contribution in [0.3, 0.4) is 0 Å². The Bertz CT molecular complexity index is 1210. The molecule has 8 heteroatoms. The van der Waals surface area contributed by atoms with Crippen molar-refractivity contribution >= 4 is 29.0 Å². The Labute approximate surface area is 196 Å². The van der Waals surface area contributed by atoms with Gasteiger partial charge in [0.25, 0.3) is 5.91 Å². The molecule has 0 aliphatic carbocycles. The van der Waals surface area contributed by atoms with Gasteiger partial charge in [0.2, 0.25) is 5.91 Å². The molecule has 2 saturated heterocycles. The number of imide groups is 1. The van der Waals surface area contributed by atoms with Crippen LogP contribution in [0.25, 0.3) is 0 Å². The summed E-state index contributed by atoms with van der Waals surface area (Å²) in [6.07, 6.45) is 3.33. The van der Waals surface area contributed by atoms with E-state index in [0.29, 0.717) is 43.0 Å². The van der Waals surface area contributed by atoms with Crippen molar-refractivity contribution in [2.24, 2.45) is 0 Å². The number of carbonyl (C=O) groups excluding carboxylic acids is 3. The number of ketones is 1. The van der Waals surface area contributed by atoms with Crippen LogP contribution >= 0.6 is 0 Å². The number of aromatic nitrogens is 1. The highest BCUT2D eigenvalue weighted by Crippen LogP contribution is 2.27. The lowest BCUT2D eigenvalue weighted by Gasteiger charge is -2.38. The van der Waals surface area contributed by atoms with Crippen molar-refractivity contribution in [3.8, 4) is 0 Å². The number of nitrogens with zero attached hydrogens (tertiary/aromatic N) is 4. The zero-order valence-electron chi connectivity index (χ0n) is 18.4. The summed E-state index contributed by atoms with van der Waals surface area (Å²) in [5.74, 6) is -0.985. The number of hydrogen-bond acceptors (Lipinski definition) is 6. The Morgan fingerprint density at radius 2 is 1.38 bits per heavy atom. The molecule has 1 aromatic heterocycles. The minimum atomic E-state index is -0.500. The summed E-state index contributed by atoms with van der Waals surface area (Å²) in [6, 6.07) is 15.8. The SMILES string of the molecule is O=C(c1ccncc1)c1ccc(N2CCN([C@@H]3CC(=O)N(c4ccc(F)cc4)C3=O)CC2)cc1. The van der Waals surface area contributed by atoms with E-state index in [9.17, 15) is 18.8 Å². The molecule has 2 fully saturated rings. The van der Waals surface area contributed by atoms with Gasteiger partial charge in [0.05, 0.1) is 18.2 Å². The van der Waals surface area contributed by atoms with E-state index in [0.717, 1.165) is 10.6 Å². The van der Waals surface area contributed by atoms with Gasteiger partial charge in [0, 0.05) is 55.4 Å². The van der Waals surface area contributed by atoms with Crippen LogP contribution < -0.4 is 9.80 Å². The van der Waals surface area contributed by atoms with E-state index in [4.69, 9.17) is 0 Å². The minimum Gasteiger partial charge on any atom is -0.369 e. The van der Waals surface area contributed by atoms with Crippen molar-refractivity contribution in [1.82, 2.24) is 9.88 Å². The van der Waals surface area contributed by atoms with Crippen LogP contribution in [-0.4, -0.2) is 59.7 Å². The molecule has 0 radical (unpaired) electrons. The van der Waals surface area contributed by atoms with Crippen LogP contribution in [0, 0.1) is 5.82 Å². The monoisotopic (exact) mass is 458 g/mol. The summed E-state index contributed by atoms with van der Waals surface area (Å²) in [7, 11) is 0. The van der Waals surface area contributed by atoms with Gasteiger partial charge in [-0.05, 0) is 60.7 Å². The second-order valence-electron chi connectivity index (χ2n) is 8.40. The number of carbonyl (C=O) groups is 3. The molecule has 0 spiro atoms. The van der Waals surface area contributed by atoms with Crippen LogP contribution in [-0.2, 0) is 9.59 Å². The van der Waals surface area contributed by atoms with Gasteiger partial charge in [-0.2, -0.15) is 0 Å². The summed E-state index contributed by atoms with van der Waals surface area (Å²) in [5.41, 5.74) is 2.62. The van der Waals surface area contributed by atoms with E-state index >= 15 is 0 Å². The van der Waals surface area contributed by atoms with Crippen molar-refractivity contribution in [3.05, 3.63) is 90.0 Å². The van der Waals surface area contributed by atoms with E-state index in [1.165, 1.54) is 24.3 Å². The van der Waals surface area contributed by atoms with Crippen LogP contribution in [0.1, 0.15) is 22.3 Å². The molecule has 3 aromatic rings. The van der Waals surface area contributed by atoms with Gasteiger partial charge in [0.1, 0.15) is 5.82 Å². The number of rotatable bonds is 5. The predicted molar refractivity (Wildman–Crippen MR) is 125 cm³/mol. The average molecular weight is 458 g/mol. The first-order valence-electron chi connectivity index (χ1n) is 11.2. The van der Waals surface area contributed by atoms with Crippen LogP contribution in [0.2, 0.25) is 0 Å². The Kier molecular flexibility index (Phi) is 5.90. The van der Waals surface area contributed by atoms with E-state index in [-0.39, 0.29) is 24.0 Å². The largest absolute Gasteiger partial charge is 0.369 e. The number of anilines is 2. The van der Waals surface area contributed by atoms with Crippen LogP contribution in [0.4, 0.5) is 15.8 Å². The van der Waals surface area contributed by atoms with Crippen molar-refractivity contribution in [1.29, 1.82) is 0 Å². The maximum atomic E-state index is 13.2. The molecule has 2 aromatic carbocycles. The number of halogens is 1. The summed E-state index contributed by atoms with van der Waals surface area (Å²) < 4.78 is 13.2. The van der Waals surface area contributed by atoms with Gasteiger partial charge in [-0.3, -0.25) is 24.3 Å². The number of piperazine rings is 1. The molecular formula is C26H23FN4O3. The van der Waals surface area contributed by atoms with Gasteiger partial charge >= 0.3 is 0 Å². The molecule has 0 unspecified atom stereocenters. The van der Waals surface area contributed by atoms with Crippen molar-refractivity contribution in [2.45, 2.75) is 12.5 Å². The normalized spacial score (nSPS) is 19.0. The van der Waals surface area contributed by atoms with Crippen molar-refractivity contribution < 1.29 is 18.8 Å². The highest BCUT2D eigenvalue weighted by molar-refractivity contribution is 6.22. The molecule has 0 N–H and O–H groups in total. The third-order valence-corrected chi connectivity index (χ3v) is 6.40. The zero-order valence-corrected chi connectivity index (χ0v) is 18.4. The Morgan fingerprint density at radius 1 is 0.794 bits per heavy atom. The molecule has 172 valence electrons. The molecule has 3 heterocycles. The number of pyridine rings is 1. The molecule has 2 aliphatic rings. The van der Waals surface area contributed by atoms with Gasteiger partial charge in [-0.15, -0.1) is 0 Å². The predicted octanol–water partition coefficient (Wildman–Crippen LogP) is 2.91. The molecular weight excluding hydrogens is 435 g/mol. The second kappa shape index (κ2) is 9.15. The van der Waals surface area contributed by atoms with Crippen molar-refractivity contribution in [2.75, 3.05) is 36.0 Å². The number of benzene rings is 2. The topological polar surface area (TPSA) is 73.8 Å². The maximum absolute atomic E-state index is 13.2. The first-order chi connectivity index (χ1) is 16.5. The maximum Gasteiger partial charge on any atom is 0.251 e. The van der Waals surface area contributed by atoms with Crippen molar-refractivity contribution in [3.63, 3.8) is 0 Å². The van der Waals surface area contributed by atoms with E-state index < -0.39 is 11.9 Å². The first kappa shape index (κ1) is 21.9. The lowest BCUT2D eigenvalue weighted by Crippen LogP contribution is -2.52. The van der Waals surface area contributed by atoms with Crippen LogP contribution in [0.5, 0.6) is 0 Å². The first-order valence-corrected chi connectivity index (χ1v) is 11.2. The average Bonchev–Trinajstić information content (AvgIpc) is 3.18. The fraction of sp³-hybridized carbons (Fsp3) is 0.231. The molecule has 2 amide bonds. The summed E-state index contributed by atoms with van der Waals surface area (Å²) in [6.45, 7) is 2.68. The van der Waals surface area contributed by atoms with E-state index in [1.54, 1.807) is 24.5 Å². The fourth-order valence-corrected chi connectivity index (χ4v) is 4.55. The van der Waals surface area contributed by atoms with E-state index in [2.05, 4.69) is 9.88 Å². The van der Waals surface area contributed by atoms with Gasteiger partial charge < -0.3 is 4.90 Å². The zero-order chi connectivity index (χ0) is 23.7. The van der Waals surface area contributed by atoms with Gasteiger partial charge in [-0.1, -0.05) is 0 Å². The summed E-state index contributed by atoms with van der Waals surface area (Å²) >= 11 is 0. The Balaban J connectivity index is 1.21. The molecule has 0 saturated carbocycles.